The Morgan fingerprint density at radius 3 is 2.93 bits per heavy atom. The molecular weight excluding hydrogens is 190 g/mol. The minimum Gasteiger partial charge on any atom is -0.316 e. The van der Waals surface area contributed by atoms with E-state index in [9.17, 15) is 0 Å². The van der Waals surface area contributed by atoms with E-state index >= 15 is 0 Å². The zero-order valence-corrected chi connectivity index (χ0v) is 9.86. The van der Waals surface area contributed by atoms with Crippen molar-refractivity contribution in [2.75, 3.05) is 13.1 Å². The fraction of sp³-hybridized carbons (Fsp3) is 0.667. The summed E-state index contributed by atoms with van der Waals surface area (Å²) in [6.07, 6.45) is 2.58. The molecule has 1 saturated carbocycles. The third kappa shape index (κ3) is 2.58. The average Bonchev–Trinajstić information content (AvgIpc) is 2.60. The van der Waals surface area contributed by atoms with Crippen LogP contribution in [-0.2, 0) is 6.42 Å². The summed E-state index contributed by atoms with van der Waals surface area (Å²) in [5, 5.41) is 7.94. The van der Waals surface area contributed by atoms with Gasteiger partial charge in [0.05, 0.1) is 0 Å². The van der Waals surface area contributed by atoms with Crippen molar-refractivity contribution < 1.29 is 0 Å². The maximum absolute atomic E-state index is 3.55. The van der Waals surface area contributed by atoms with Crippen molar-refractivity contribution in [1.82, 2.24) is 5.32 Å². The van der Waals surface area contributed by atoms with Crippen LogP contribution in [0.2, 0.25) is 0 Å². The third-order valence-electron chi connectivity index (χ3n) is 3.28. The van der Waals surface area contributed by atoms with E-state index in [1.165, 1.54) is 24.9 Å². The molecule has 2 heteroatoms. The molecule has 1 atom stereocenters. The number of thiophene rings is 1. The first-order chi connectivity index (χ1) is 6.68. The van der Waals surface area contributed by atoms with E-state index in [2.05, 4.69) is 36.0 Å². The highest BCUT2D eigenvalue weighted by Crippen LogP contribution is 2.50. The molecule has 0 aromatic carbocycles. The van der Waals surface area contributed by atoms with Gasteiger partial charge in [0, 0.05) is 0 Å². The van der Waals surface area contributed by atoms with E-state index < -0.39 is 0 Å². The number of hydrogen-bond donors (Lipinski definition) is 1. The monoisotopic (exact) mass is 209 g/mol. The minimum atomic E-state index is 0.620. The average molecular weight is 209 g/mol. The van der Waals surface area contributed by atoms with E-state index in [0.29, 0.717) is 5.41 Å². The molecule has 1 aliphatic rings. The van der Waals surface area contributed by atoms with Crippen molar-refractivity contribution in [2.24, 2.45) is 11.3 Å². The van der Waals surface area contributed by atoms with E-state index in [0.717, 1.165) is 12.5 Å². The van der Waals surface area contributed by atoms with Gasteiger partial charge in [0.25, 0.3) is 0 Å². The van der Waals surface area contributed by atoms with Gasteiger partial charge < -0.3 is 5.32 Å². The Hall–Kier alpha value is -0.340. The molecule has 0 saturated heterocycles. The van der Waals surface area contributed by atoms with Crippen molar-refractivity contribution in [3.63, 3.8) is 0 Å². The first-order valence-electron chi connectivity index (χ1n) is 5.40. The van der Waals surface area contributed by atoms with Gasteiger partial charge in [-0.05, 0) is 59.7 Å². The third-order valence-corrected chi connectivity index (χ3v) is 4.01. The maximum atomic E-state index is 3.55. The molecule has 1 fully saturated rings. The SMILES string of the molecule is CC1(C)CC1CNCCc1ccsc1. The van der Waals surface area contributed by atoms with E-state index in [1.807, 2.05) is 0 Å². The first kappa shape index (κ1) is 10.2. The second kappa shape index (κ2) is 4.03. The zero-order chi connectivity index (χ0) is 10.0. The van der Waals surface area contributed by atoms with Gasteiger partial charge in [-0.3, -0.25) is 0 Å². The molecule has 0 aliphatic heterocycles. The molecule has 1 aromatic heterocycles. The van der Waals surface area contributed by atoms with Gasteiger partial charge in [-0.15, -0.1) is 0 Å². The molecule has 1 unspecified atom stereocenters. The Bertz CT molecular complexity index is 277. The molecule has 78 valence electrons. The number of nitrogens with one attached hydrogen (secondary N) is 1. The fourth-order valence-electron chi connectivity index (χ4n) is 1.87. The van der Waals surface area contributed by atoms with E-state index in [-0.39, 0.29) is 0 Å². The normalized spacial score (nSPS) is 23.7. The highest BCUT2D eigenvalue weighted by atomic mass is 32.1. The zero-order valence-electron chi connectivity index (χ0n) is 9.05. The fourth-order valence-corrected chi connectivity index (χ4v) is 2.57. The highest BCUT2D eigenvalue weighted by Gasteiger charge is 2.44. The lowest BCUT2D eigenvalue weighted by atomic mass is 10.1. The van der Waals surface area contributed by atoms with Gasteiger partial charge >= 0.3 is 0 Å². The number of rotatable bonds is 5. The Morgan fingerprint density at radius 1 is 1.57 bits per heavy atom. The van der Waals surface area contributed by atoms with Gasteiger partial charge in [0.2, 0.25) is 0 Å². The maximum Gasteiger partial charge on any atom is -0.000794 e. The van der Waals surface area contributed by atoms with Gasteiger partial charge in [-0.25, -0.2) is 0 Å². The summed E-state index contributed by atoms with van der Waals surface area (Å²) in [5.74, 6) is 0.921. The van der Waals surface area contributed by atoms with Crippen molar-refractivity contribution in [1.29, 1.82) is 0 Å². The molecule has 0 radical (unpaired) electrons. The summed E-state index contributed by atoms with van der Waals surface area (Å²) in [6.45, 7) is 7.05. The standard InChI is InChI=1S/C12H19NS/c1-12(2)7-11(12)8-13-5-3-10-4-6-14-9-10/h4,6,9,11,13H,3,5,7-8H2,1-2H3. The minimum absolute atomic E-state index is 0.620. The number of hydrogen-bond acceptors (Lipinski definition) is 2. The molecule has 1 nitrogen and oxygen atoms in total. The Kier molecular flexibility index (Phi) is 2.93. The summed E-state index contributed by atoms with van der Waals surface area (Å²) in [7, 11) is 0. The predicted molar refractivity (Wildman–Crippen MR) is 62.8 cm³/mol. The topological polar surface area (TPSA) is 12.0 Å². The van der Waals surface area contributed by atoms with E-state index in [1.54, 1.807) is 11.3 Å². The molecule has 1 N–H and O–H groups in total. The summed E-state index contributed by atoms with van der Waals surface area (Å²) < 4.78 is 0. The van der Waals surface area contributed by atoms with Crippen LogP contribution in [0, 0.1) is 11.3 Å². The van der Waals surface area contributed by atoms with Gasteiger partial charge in [0.15, 0.2) is 0 Å². The molecule has 1 aromatic rings. The molecule has 1 heterocycles. The molecule has 0 bridgehead atoms. The van der Waals surface area contributed by atoms with Gasteiger partial charge in [-0.2, -0.15) is 11.3 Å². The Labute approximate surface area is 90.5 Å². The second-order valence-electron chi connectivity index (χ2n) is 4.98. The molecule has 1 aliphatic carbocycles. The lowest BCUT2D eigenvalue weighted by Crippen LogP contribution is -2.21. The van der Waals surface area contributed by atoms with Crippen molar-refractivity contribution in [3.05, 3.63) is 22.4 Å². The van der Waals surface area contributed by atoms with Gasteiger partial charge in [-0.1, -0.05) is 13.8 Å². The molecule has 0 spiro atoms. The molecule has 0 amide bonds. The van der Waals surface area contributed by atoms with Crippen LogP contribution in [0.25, 0.3) is 0 Å². The van der Waals surface area contributed by atoms with Crippen molar-refractivity contribution in [3.8, 4) is 0 Å². The second-order valence-corrected chi connectivity index (χ2v) is 5.76. The van der Waals surface area contributed by atoms with Crippen molar-refractivity contribution in [2.45, 2.75) is 26.7 Å². The Balaban J connectivity index is 1.57. The van der Waals surface area contributed by atoms with E-state index in [4.69, 9.17) is 0 Å². The van der Waals surface area contributed by atoms with Crippen LogP contribution in [0.1, 0.15) is 25.8 Å². The summed E-state index contributed by atoms with van der Waals surface area (Å²) in [6, 6.07) is 2.22. The highest BCUT2D eigenvalue weighted by molar-refractivity contribution is 7.07. The smallest absolute Gasteiger partial charge is 0.000794 e. The van der Waals surface area contributed by atoms with Crippen LogP contribution in [0.5, 0.6) is 0 Å². The van der Waals surface area contributed by atoms with Crippen LogP contribution < -0.4 is 5.32 Å². The summed E-state index contributed by atoms with van der Waals surface area (Å²) in [4.78, 5) is 0. The van der Waals surface area contributed by atoms with Crippen LogP contribution in [0.15, 0.2) is 16.8 Å². The van der Waals surface area contributed by atoms with Crippen LogP contribution >= 0.6 is 11.3 Å². The first-order valence-corrected chi connectivity index (χ1v) is 6.34. The van der Waals surface area contributed by atoms with Crippen molar-refractivity contribution >= 4 is 11.3 Å². The lowest BCUT2D eigenvalue weighted by Gasteiger charge is -2.05. The molecule has 2 rings (SSSR count). The largest absolute Gasteiger partial charge is 0.316 e. The summed E-state index contributed by atoms with van der Waals surface area (Å²) in [5.41, 5.74) is 2.09. The Morgan fingerprint density at radius 2 is 2.36 bits per heavy atom. The predicted octanol–water partition coefficient (Wildman–Crippen LogP) is 2.93. The molecular formula is C12H19NS. The molecule has 14 heavy (non-hydrogen) atoms. The lowest BCUT2D eigenvalue weighted by molar-refractivity contribution is 0.521. The van der Waals surface area contributed by atoms with Crippen LogP contribution in [-0.4, -0.2) is 13.1 Å². The van der Waals surface area contributed by atoms with Gasteiger partial charge in [0.1, 0.15) is 0 Å². The van der Waals surface area contributed by atoms with Crippen LogP contribution in [0.3, 0.4) is 0 Å². The van der Waals surface area contributed by atoms with Crippen LogP contribution in [0.4, 0.5) is 0 Å². The summed E-state index contributed by atoms with van der Waals surface area (Å²) >= 11 is 1.79. The quantitative estimate of drug-likeness (QED) is 0.735.